The van der Waals surface area contributed by atoms with E-state index in [0.717, 1.165) is 24.1 Å². The second kappa shape index (κ2) is 8.99. The second-order valence-electron chi connectivity index (χ2n) is 6.95. The van der Waals surface area contributed by atoms with E-state index in [4.69, 9.17) is 0 Å². The molecule has 2 aromatic rings. The largest absolute Gasteiger partial charge is 0.356 e. The lowest BCUT2D eigenvalue weighted by atomic mass is 9.99. The third kappa shape index (κ3) is 5.18. The summed E-state index contributed by atoms with van der Waals surface area (Å²) in [6, 6.07) is 13.7. The average Bonchev–Trinajstić information content (AvgIpc) is 3.13. The Morgan fingerprint density at radius 2 is 2.00 bits per heavy atom. The van der Waals surface area contributed by atoms with Gasteiger partial charge in [-0.2, -0.15) is 4.31 Å². The molecule has 0 bridgehead atoms. The van der Waals surface area contributed by atoms with E-state index in [2.05, 4.69) is 17.4 Å². The number of rotatable bonds is 7. The van der Waals surface area contributed by atoms with E-state index < -0.39 is 10.0 Å². The summed E-state index contributed by atoms with van der Waals surface area (Å²) in [5, 5.41) is 2.98. The van der Waals surface area contributed by atoms with E-state index in [-0.39, 0.29) is 18.4 Å². The molecule has 27 heavy (non-hydrogen) atoms. The van der Waals surface area contributed by atoms with Crippen LogP contribution in [0.4, 0.5) is 0 Å². The number of thiophene rings is 1. The van der Waals surface area contributed by atoms with Crippen molar-refractivity contribution >= 4 is 27.3 Å². The predicted molar refractivity (Wildman–Crippen MR) is 108 cm³/mol. The molecule has 0 radical (unpaired) electrons. The number of hydrogen-bond donors (Lipinski definition) is 1. The zero-order valence-electron chi connectivity index (χ0n) is 15.6. The van der Waals surface area contributed by atoms with Crippen molar-refractivity contribution in [3.05, 3.63) is 52.9 Å². The maximum absolute atomic E-state index is 12.8. The molecule has 0 spiro atoms. The van der Waals surface area contributed by atoms with Crippen LogP contribution in [0.25, 0.3) is 0 Å². The first-order valence-electron chi connectivity index (χ1n) is 9.35. The van der Waals surface area contributed by atoms with Gasteiger partial charge >= 0.3 is 0 Å². The highest BCUT2D eigenvalue weighted by atomic mass is 32.2. The minimum atomic E-state index is -3.50. The fourth-order valence-corrected chi connectivity index (χ4v) is 6.31. The standard InChI is InChI=1S/C20H26N2O3S2/c1-16-11-12-19(26-16)27(24,25)22-14-6-10-18(15-22)20(23)21-13-5-9-17-7-3-2-4-8-17/h2-4,7-8,11-12,18H,5-6,9-10,13-15H2,1H3,(H,21,23). The monoisotopic (exact) mass is 406 g/mol. The van der Waals surface area contributed by atoms with Gasteiger partial charge in [0.05, 0.1) is 5.92 Å². The van der Waals surface area contributed by atoms with Crippen LogP contribution in [0.3, 0.4) is 0 Å². The summed E-state index contributed by atoms with van der Waals surface area (Å²) in [5.41, 5.74) is 1.26. The molecule has 3 rings (SSSR count). The van der Waals surface area contributed by atoms with E-state index >= 15 is 0 Å². The van der Waals surface area contributed by atoms with Crippen LogP contribution >= 0.6 is 11.3 Å². The van der Waals surface area contributed by atoms with E-state index in [1.807, 2.05) is 31.2 Å². The van der Waals surface area contributed by atoms with Gasteiger partial charge in [0.15, 0.2) is 0 Å². The van der Waals surface area contributed by atoms with Crippen molar-refractivity contribution in [1.29, 1.82) is 0 Å². The molecule has 0 aliphatic carbocycles. The second-order valence-corrected chi connectivity index (χ2v) is 10.4. The first kappa shape index (κ1) is 20.0. The lowest BCUT2D eigenvalue weighted by Crippen LogP contribution is -2.45. The number of carbonyl (C=O) groups is 1. The Kier molecular flexibility index (Phi) is 6.68. The van der Waals surface area contributed by atoms with Gasteiger partial charge < -0.3 is 5.32 Å². The minimum Gasteiger partial charge on any atom is -0.356 e. The number of aryl methyl sites for hydroxylation is 2. The smallest absolute Gasteiger partial charge is 0.252 e. The lowest BCUT2D eigenvalue weighted by Gasteiger charge is -2.30. The summed E-state index contributed by atoms with van der Waals surface area (Å²) in [6.07, 6.45) is 3.24. The van der Waals surface area contributed by atoms with Crippen molar-refractivity contribution in [2.24, 2.45) is 5.92 Å². The first-order valence-corrected chi connectivity index (χ1v) is 11.6. The van der Waals surface area contributed by atoms with Gasteiger partial charge in [-0.1, -0.05) is 30.3 Å². The molecule has 1 unspecified atom stereocenters. The van der Waals surface area contributed by atoms with Crippen molar-refractivity contribution in [1.82, 2.24) is 9.62 Å². The maximum Gasteiger partial charge on any atom is 0.252 e. The molecule has 5 nitrogen and oxygen atoms in total. The Morgan fingerprint density at radius 1 is 1.22 bits per heavy atom. The average molecular weight is 407 g/mol. The highest BCUT2D eigenvalue weighted by molar-refractivity contribution is 7.91. The Balaban J connectivity index is 1.50. The van der Waals surface area contributed by atoms with Crippen LogP contribution in [0, 0.1) is 12.8 Å². The fourth-order valence-electron chi connectivity index (χ4n) is 3.35. The number of nitrogens with zero attached hydrogens (tertiary/aromatic N) is 1. The van der Waals surface area contributed by atoms with Crippen LogP contribution in [0.15, 0.2) is 46.7 Å². The molecule has 146 valence electrons. The van der Waals surface area contributed by atoms with Crippen molar-refractivity contribution < 1.29 is 13.2 Å². The predicted octanol–water partition coefficient (Wildman–Crippen LogP) is 3.21. The molecule has 0 saturated carbocycles. The lowest BCUT2D eigenvalue weighted by molar-refractivity contribution is -0.126. The van der Waals surface area contributed by atoms with Crippen LogP contribution in [-0.4, -0.2) is 38.3 Å². The van der Waals surface area contributed by atoms with Gasteiger partial charge in [-0.15, -0.1) is 11.3 Å². The summed E-state index contributed by atoms with van der Waals surface area (Å²) in [6.45, 7) is 3.26. The van der Waals surface area contributed by atoms with Gasteiger partial charge in [-0.3, -0.25) is 4.79 Å². The summed E-state index contributed by atoms with van der Waals surface area (Å²) in [4.78, 5) is 13.5. The quantitative estimate of drug-likeness (QED) is 0.718. The normalized spacial score (nSPS) is 18.3. The summed E-state index contributed by atoms with van der Waals surface area (Å²) in [7, 11) is -3.50. The van der Waals surface area contributed by atoms with E-state index in [0.29, 0.717) is 23.7 Å². The molecule has 1 amide bonds. The number of sulfonamides is 1. The van der Waals surface area contributed by atoms with Crippen LogP contribution < -0.4 is 5.32 Å². The molecule has 1 aliphatic heterocycles. The molecule has 2 heterocycles. The van der Waals surface area contributed by atoms with Gasteiger partial charge in [0.2, 0.25) is 5.91 Å². The number of amides is 1. The van der Waals surface area contributed by atoms with Crippen molar-refractivity contribution in [3.63, 3.8) is 0 Å². The number of nitrogens with one attached hydrogen (secondary N) is 1. The number of hydrogen-bond acceptors (Lipinski definition) is 4. The fraction of sp³-hybridized carbons (Fsp3) is 0.450. The Hall–Kier alpha value is -1.70. The van der Waals surface area contributed by atoms with Crippen molar-refractivity contribution in [2.75, 3.05) is 19.6 Å². The van der Waals surface area contributed by atoms with Gasteiger partial charge in [-0.05, 0) is 50.3 Å². The molecule has 1 aromatic carbocycles. The van der Waals surface area contributed by atoms with Crippen LogP contribution in [0.1, 0.15) is 29.7 Å². The topological polar surface area (TPSA) is 66.5 Å². The molecular formula is C20H26N2O3S2. The third-order valence-electron chi connectivity index (χ3n) is 4.85. The zero-order chi connectivity index (χ0) is 19.3. The van der Waals surface area contributed by atoms with Crippen LogP contribution in [-0.2, 0) is 21.2 Å². The van der Waals surface area contributed by atoms with Crippen LogP contribution in [0.5, 0.6) is 0 Å². The van der Waals surface area contributed by atoms with Gasteiger partial charge in [-0.25, -0.2) is 8.42 Å². The Labute approximate surface area is 165 Å². The van der Waals surface area contributed by atoms with Gasteiger partial charge in [0, 0.05) is 24.5 Å². The highest BCUT2D eigenvalue weighted by Gasteiger charge is 2.33. The number of benzene rings is 1. The number of piperidine rings is 1. The van der Waals surface area contributed by atoms with Crippen molar-refractivity contribution in [3.8, 4) is 0 Å². The third-order valence-corrected chi connectivity index (χ3v) is 8.18. The summed E-state index contributed by atoms with van der Waals surface area (Å²) in [5.74, 6) is -0.309. The van der Waals surface area contributed by atoms with E-state index in [9.17, 15) is 13.2 Å². The van der Waals surface area contributed by atoms with Crippen LogP contribution in [0.2, 0.25) is 0 Å². The molecule has 7 heteroatoms. The molecular weight excluding hydrogens is 380 g/mol. The van der Waals surface area contributed by atoms with Gasteiger partial charge in [0.1, 0.15) is 4.21 Å². The van der Waals surface area contributed by atoms with E-state index in [1.165, 1.54) is 21.2 Å². The summed E-state index contributed by atoms with van der Waals surface area (Å²) < 4.78 is 27.4. The maximum atomic E-state index is 12.8. The van der Waals surface area contributed by atoms with Crippen molar-refractivity contribution in [2.45, 2.75) is 36.8 Å². The Morgan fingerprint density at radius 3 is 2.70 bits per heavy atom. The summed E-state index contributed by atoms with van der Waals surface area (Å²) >= 11 is 1.28. The molecule has 1 saturated heterocycles. The molecule has 1 aromatic heterocycles. The number of carbonyl (C=O) groups excluding carboxylic acids is 1. The molecule has 1 N–H and O–H groups in total. The molecule has 1 fully saturated rings. The molecule has 1 atom stereocenters. The minimum absolute atomic E-state index is 0.0367. The molecule has 1 aliphatic rings. The SMILES string of the molecule is Cc1ccc(S(=O)(=O)N2CCCC(C(=O)NCCCc3ccccc3)C2)s1. The first-order chi connectivity index (χ1) is 13.0. The zero-order valence-corrected chi connectivity index (χ0v) is 17.2. The Bertz CT molecular complexity index is 862. The van der Waals surface area contributed by atoms with Gasteiger partial charge in [0.25, 0.3) is 10.0 Å². The van der Waals surface area contributed by atoms with E-state index in [1.54, 1.807) is 6.07 Å². The highest BCUT2D eigenvalue weighted by Crippen LogP contribution is 2.28.